The van der Waals surface area contributed by atoms with E-state index < -0.39 is 17.7 Å². The van der Waals surface area contributed by atoms with Gasteiger partial charge in [-0.25, -0.2) is 4.79 Å². The Balaban J connectivity index is 2.03. The van der Waals surface area contributed by atoms with Crippen molar-refractivity contribution in [2.24, 2.45) is 0 Å². The first-order chi connectivity index (χ1) is 10.3. The van der Waals surface area contributed by atoms with Gasteiger partial charge in [0.05, 0.1) is 11.1 Å². The lowest BCUT2D eigenvalue weighted by atomic mass is 10.1. The molecule has 0 aliphatic rings. The summed E-state index contributed by atoms with van der Waals surface area (Å²) in [5, 5.41) is 9.10. The van der Waals surface area contributed by atoms with Gasteiger partial charge in [0.1, 0.15) is 11.3 Å². The summed E-state index contributed by atoms with van der Waals surface area (Å²) in [7, 11) is 0. The van der Waals surface area contributed by atoms with Gasteiger partial charge in [-0.15, -0.1) is 0 Å². The SMILES string of the molecule is O=C(O)c1ccc(-c2cc3cc(C(F)(F)F)ccc3o2)nc1. The first kappa shape index (κ1) is 14.1. The molecule has 2 aromatic heterocycles. The van der Waals surface area contributed by atoms with Crippen molar-refractivity contribution in [3.8, 4) is 11.5 Å². The summed E-state index contributed by atoms with van der Waals surface area (Å²) in [6, 6.07) is 7.40. The minimum Gasteiger partial charge on any atom is -0.478 e. The molecule has 0 amide bonds. The third kappa shape index (κ3) is 2.52. The highest BCUT2D eigenvalue weighted by Gasteiger charge is 2.30. The van der Waals surface area contributed by atoms with Gasteiger partial charge < -0.3 is 9.52 Å². The molecule has 3 rings (SSSR count). The van der Waals surface area contributed by atoms with Crippen LogP contribution < -0.4 is 0 Å². The maximum Gasteiger partial charge on any atom is 0.416 e. The Bertz CT molecular complexity index is 851. The van der Waals surface area contributed by atoms with Crippen LogP contribution >= 0.6 is 0 Å². The van der Waals surface area contributed by atoms with Gasteiger partial charge in [0.2, 0.25) is 0 Å². The molecule has 2 heterocycles. The first-order valence-corrected chi connectivity index (χ1v) is 6.15. The molecule has 0 saturated heterocycles. The van der Waals surface area contributed by atoms with E-state index in [1.165, 1.54) is 24.3 Å². The van der Waals surface area contributed by atoms with Crippen LogP contribution in [-0.4, -0.2) is 16.1 Å². The number of nitrogens with zero attached hydrogens (tertiary/aromatic N) is 1. The lowest BCUT2D eigenvalue weighted by Gasteiger charge is -2.04. The monoisotopic (exact) mass is 307 g/mol. The van der Waals surface area contributed by atoms with Crippen LogP contribution in [0.15, 0.2) is 47.0 Å². The van der Waals surface area contributed by atoms with Gasteiger partial charge in [-0.3, -0.25) is 4.98 Å². The number of rotatable bonds is 2. The zero-order valence-corrected chi connectivity index (χ0v) is 10.9. The maximum atomic E-state index is 12.7. The number of alkyl halides is 3. The number of hydrogen-bond acceptors (Lipinski definition) is 3. The van der Waals surface area contributed by atoms with Crippen molar-refractivity contribution in [3.05, 3.63) is 53.7 Å². The number of hydrogen-bond donors (Lipinski definition) is 1. The zero-order valence-electron chi connectivity index (χ0n) is 10.9. The fourth-order valence-corrected chi connectivity index (χ4v) is 2.01. The van der Waals surface area contributed by atoms with Crippen molar-refractivity contribution in [1.82, 2.24) is 4.98 Å². The second-order valence-electron chi connectivity index (χ2n) is 4.60. The van der Waals surface area contributed by atoms with Crippen LogP contribution in [-0.2, 0) is 6.18 Å². The van der Waals surface area contributed by atoms with Gasteiger partial charge in [-0.05, 0) is 36.4 Å². The van der Waals surface area contributed by atoms with E-state index in [-0.39, 0.29) is 11.3 Å². The number of carboxylic acid groups (broad SMARTS) is 1. The Kier molecular flexibility index (Phi) is 3.13. The standard InChI is InChI=1S/C15H8F3NO3/c16-15(17,18)10-2-4-12-9(5-10)6-13(22-12)11-3-1-8(7-19-11)14(20)21/h1-7H,(H,20,21). The van der Waals surface area contributed by atoms with E-state index in [1.54, 1.807) is 0 Å². The number of halogens is 3. The predicted octanol–water partition coefficient (Wildman–Crippen LogP) is 4.21. The summed E-state index contributed by atoms with van der Waals surface area (Å²) in [5.74, 6) is -0.843. The van der Waals surface area contributed by atoms with Crippen molar-refractivity contribution in [2.45, 2.75) is 6.18 Å². The normalized spacial score (nSPS) is 11.8. The number of pyridine rings is 1. The second-order valence-corrected chi connectivity index (χ2v) is 4.60. The van der Waals surface area contributed by atoms with Crippen LogP contribution in [0.4, 0.5) is 13.2 Å². The smallest absolute Gasteiger partial charge is 0.416 e. The molecule has 0 fully saturated rings. The van der Waals surface area contributed by atoms with Gasteiger partial charge in [-0.1, -0.05) is 0 Å². The fraction of sp³-hybridized carbons (Fsp3) is 0.0667. The Hall–Kier alpha value is -2.83. The molecule has 7 heteroatoms. The third-order valence-electron chi connectivity index (χ3n) is 3.11. The summed E-state index contributed by atoms with van der Waals surface area (Å²) in [4.78, 5) is 14.7. The number of aromatic carboxylic acids is 1. The molecule has 3 aromatic rings. The van der Waals surface area contributed by atoms with E-state index in [0.717, 1.165) is 18.3 Å². The lowest BCUT2D eigenvalue weighted by Crippen LogP contribution is -2.03. The van der Waals surface area contributed by atoms with Crippen LogP contribution in [0.25, 0.3) is 22.4 Å². The van der Waals surface area contributed by atoms with Gasteiger partial charge >= 0.3 is 12.1 Å². The van der Waals surface area contributed by atoms with Crippen molar-refractivity contribution in [2.75, 3.05) is 0 Å². The van der Waals surface area contributed by atoms with E-state index in [9.17, 15) is 18.0 Å². The van der Waals surface area contributed by atoms with Gasteiger partial charge in [0.15, 0.2) is 5.76 Å². The lowest BCUT2D eigenvalue weighted by molar-refractivity contribution is -0.137. The van der Waals surface area contributed by atoms with Crippen LogP contribution in [0.1, 0.15) is 15.9 Å². The molecule has 0 unspecified atom stereocenters. The molecule has 1 N–H and O–H groups in total. The molecular weight excluding hydrogens is 299 g/mol. The Morgan fingerprint density at radius 3 is 2.50 bits per heavy atom. The molecule has 4 nitrogen and oxygen atoms in total. The van der Waals surface area contributed by atoms with Gasteiger partial charge in [0, 0.05) is 11.6 Å². The molecule has 22 heavy (non-hydrogen) atoms. The molecule has 0 spiro atoms. The minimum atomic E-state index is -4.42. The van der Waals surface area contributed by atoms with Gasteiger partial charge in [0.25, 0.3) is 0 Å². The highest BCUT2D eigenvalue weighted by Crippen LogP contribution is 2.34. The fourth-order valence-electron chi connectivity index (χ4n) is 2.01. The minimum absolute atomic E-state index is 0.0132. The average Bonchev–Trinajstić information content (AvgIpc) is 2.89. The van der Waals surface area contributed by atoms with Crippen LogP contribution in [0.5, 0.6) is 0 Å². The summed E-state index contributed by atoms with van der Waals surface area (Å²) in [5.41, 5.74) is -0.109. The molecule has 0 aliphatic carbocycles. The number of benzene rings is 1. The second kappa shape index (κ2) is 4.87. The molecule has 0 radical (unpaired) electrons. The quantitative estimate of drug-likeness (QED) is 0.770. The zero-order chi connectivity index (χ0) is 15.9. The molecule has 0 atom stereocenters. The molecule has 0 aliphatic heterocycles. The number of aromatic nitrogens is 1. The molecule has 1 aromatic carbocycles. The van der Waals surface area contributed by atoms with Crippen LogP contribution in [0.3, 0.4) is 0 Å². The average molecular weight is 307 g/mol. The van der Waals surface area contributed by atoms with E-state index in [2.05, 4.69) is 4.98 Å². The van der Waals surface area contributed by atoms with Crippen molar-refractivity contribution >= 4 is 16.9 Å². The van der Waals surface area contributed by atoms with Crippen LogP contribution in [0, 0.1) is 0 Å². The van der Waals surface area contributed by atoms with E-state index in [1.807, 2.05) is 0 Å². The topological polar surface area (TPSA) is 63.3 Å². The van der Waals surface area contributed by atoms with Crippen molar-refractivity contribution < 1.29 is 27.5 Å². The van der Waals surface area contributed by atoms with Crippen molar-refractivity contribution in [1.29, 1.82) is 0 Å². The summed E-state index contributed by atoms with van der Waals surface area (Å²) < 4.78 is 43.4. The molecule has 0 bridgehead atoms. The first-order valence-electron chi connectivity index (χ1n) is 6.15. The summed E-state index contributed by atoms with van der Waals surface area (Å²) >= 11 is 0. The van der Waals surface area contributed by atoms with Gasteiger partial charge in [-0.2, -0.15) is 13.2 Å². The molecule has 112 valence electrons. The Morgan fingerprint density at radius 1 is 1.14 bits per heavy atom. The highest BCUT2D eigenvalue weighted by molar-refractivity contribution is 5.88. The third-order valence-corrected chi connectivity index (χ3v) is 3.11. The van der Waals surface area contributed by atoms with E-state index in [4.69, 9.17) is 9.52 Å². The number of carboxylic acids is 1. The Morgan fingerprint density at radius 2 is 1.91 bits per heavy atom. The van der Waals surface area contributed by atoms with E-state index >= 15 is 0 Å². The molecule has 0 saturated carbocycles. The number of carbonyl (C=O) groups is 1. The predicted molar refractivity (Wildman–Crippen MR) is 71.4 cm³/mol. The highest BCUT2D eigenvalue weighted by atomic mass is 19.4. The van der Waals surface area contributed by atoms with Crippen LogP contribution in [0.2, 0.25) is 0 Å². The Labute approximate surface area is 121 Å². The number of fused-ring (bicyclic) bond motifs is 1. The van der Waals surface area contributed by atoms with Crippen molar-refractivity contribution in [3.63, 3.8) is 0 Å². The van der Waals surface area contributed by atoms with E-state index in [0.29, 0.717) is 16.7 Å². The maximum absolute atomic E-state index is 12.7. The largest absolute Gasteiger partial charge is 0.478 e. The number of furan rings is 1. The summed E-state index contributed by atoms with van der Waals surface area (Å²) in [6.07, 6.45) is -3.26. The summed E-state index contributed by atoms with van der Waals surface area (Å²) in [6.45, 7) is 0. The molecular formula is C15H8F3NO3.